The van der Waals surface area contributed by atoms with Crippen LogP contribution in [0.25, 0.3) is 0 Å². The summed E-state index contributed by atoms with van der Waals surface area (Å²) >= 11 is 6.28. The molecule has 1 atom stereocenters. The van der Waals surface area contributed by atoms with Crippen molar-refractivity contribution >= 4 is 17.3 Å². The summed E-state index contributed by atoms with van der Waals surface area (Å²) in [6.45, 7) is 7.24. The van der Waals surface area contributed by atoms with Crippen LogP contribution < -0.4 is 10.6 Å². The number of nitrogens with two attached hydrogens (primary N) is 1. The summed E-state index contributed by atoms with van der Waals surface area (Å²) in [4.78, 5) is 4.93. The number of unbranched alkanes of at least 4 members (excludes halogenated alkanes) is 1. The second-order valence-corrected chi connectivity index (χ2v) is 5.91. The van der Waals surface area contributed by atoms with E-state index in [1.165, 1.54) is 19.3 Å². The highest BCUT2D eigenvalue weighted by molar-refractivity contribution is 6.33. The molecule has 1 aliphatic rings. The van der Waals surface area contributed by atoms with E-state index in [0.29, 0.717) is 6.04 Å². The molecular weight excluding hydrogens is 270 g/mol. The zero-order valence-corrected chi connectivity index (χ0v) is 13.1. The number of nitrogens with zero attached hydrogens (tertiary/aromatic N) is 2. The quantitative estimate of drug-likeness (QED) is 0.876. The number of benzene rings is 1. The normalized spacial score (nSPS) is 18.2. The molecule has 1 aromatic carbocycles. The molecule has 1 heterocycles. The first-order valence-electron chi connectivity index (χ1n) is 7.69. The summed E-state index contributed by atoms with van der Waals surface area (Å²) in [5, 5.41) is 0.849. The standard InChI is InChI=1S/C16H26ClN3/c1-2-3-6-14(13-18)19-9-11-20(12-10-19)16-8-5-4-7-15(16)17/h4-5,7-8,14H,2-3,6,9-13,18H2,1H3. The number of hydrogen-bond donors (Lipinski definition) is 1. The minimum Gasteiger partial charge on any atom is -0.368 e. The zero-order valence-electron chi connectivity index (χ0n) is 12.4. The molecule has 0 radical (unpaired) electrons. The van der Waals surface area contributed by atoms with Crippen molar-refractivity contribution in [1.29, 1.82) is 0 Å². The summed E-state index contributed by atoms with van der Waals surface area (Å²) in [5.74, 6) is 0. The van der Waals surface area contributed by atoms with Crippen LogP contribution in [0.2, 0.25) is 5.02 Å². The van der Waals surface area contributed by atoms with E-state index in [4.69, 9.17) is 17.3 Å². The van der Waals surface area contributed by atoms with Gasteiger partial charge in [0, 0.05) is 38.8 Å². The first-order valence-corrected chi connectivity index (χ1v) is 8.07. The fourth-order valence-corrected chi connectivity index (χ4v) is 3.18. The Morgan fingerprint density at radius 1 is 1.20 bits per heavy atom. The molecule has 3 nitrogen and oxygen atoms in total. The van der Waals surface area contributed by atoms with Crippen LogP contribution in [-0.2, 0) is 0 Å². The molecule has 2 rings (SSSR count). The van der Waals surface area contributed by atoms with Gasteiger partial charge in [-0.25, -0.2) is 0 Å². The number of anilines is 1. The van der Waals surface area contributed by atoms with Crippen molar-refractivity contribution in [3.05, 3.63) is 29.3 Å². The molecule has 4 heteroatoms. The Morgan fingerprint density at radius 2 is 1.90 bits per heavy atom. The van der Waals surface area contributed by atoms with Gasteiger partial charge in [-0.2, -0.15) is 0 Å². The summed E-state index contributed by atoms with van der Waals surface area (Å²) < 4.78 is 0. The molecule has 2 N–H and O–H groups in total. The molecule has 1 aliphatic heterocycles. The van der Waals surface area contributed by atoms with Gasteiger partial charge < -0.3 is 10.6 Å². The maximum absolute atomic E-state index is 6.28. The molecule has 0 bridgehead atoms. The predicted molar refractivity (Wildman–Crippen MR) is 87.6 cm³/mol. The van der Waals surface area contributed by atoms with Crippen molar-refractivity contribution in [2.75, 3.05) is 37.6 Å². The Morgan fingerprint density at radius 3 is 2.50 bits per heavy atom. The number of piperazine rings is 1. The first kappa shape index (κ1) is 15.6. The summed E-state index contributed by atoms with van der Waals surface area (Å²) in [6.07, 6.45) is 3.74. The maximum Gasteiger partial charge on any atom is 0.0639 e. The second kappa shape index (κ2) is 7.87. The topological polar surface area (TPSA) is 32.5 Å². The monoisotopic (exact) mass is 295 g/mol. The molecule has 0 spiro atoms. The third-order valence-corrected chi connectivity index (χ3v) is 4.51. The van der Waals surface area contributed by atoms with Gasteiger partial charge in [-0.05, 0) is 18.6 Å². The minimum atomic E-state index is 0.545. The van der Waals surface area contributed by atoms with Crippen molar-refractivity contribution in [3.63, 3.8) is 0 Å². The average molecular weight is 296 g/mol. The summed E-state index contributed by atoms with van der Waals surface area (Å²) in [7, 11) is 0. The lowest BCUT2D eigenvalue weighted by Crippen LogP contribution is -2.52. The van der Waals surface area contributed by atoms with Crippen molar-refractivity contribution in [1.82, 2.24) is 4.90 Å². The van der Waals surface area contributed by atoms with Gasteiger partial charge in [0.1, 0.15) is 0 Å². The van der Waals surface area contributed by atoms with Crippen LogP contribution >= 0.6 is 11.6 Å². The lowest BCUT2D eigenvalue weighted by Gasteiger charge is -2.40. The Kier molecular flexibility index (Phi) is 6.14. The average Bonchev–Trinajstić information content (AvgIpc) is 2.49. The highest BCUT2D eigenvalue weighted by Gasteiger charge is 2.23. The van der Waals surface area contributed by atoms with E-state index in [-0.39, 0.29) is 0 Å². The van der Waals surface area contributed by atoms with Crippen molar-refractivity contribution in [2.24, 2.45) is 5.73 Å². The van der Waals surface area contributed by atoms with E-state index in [0.717, 1.165) is 43.4 Å². The molecular formula is C16H26ClN3. The van der Waals surface area contributed by atoms with Gasteiger partial charge in [-0.15, -0.1) is 0 Å². The molecule has 20 heavy (non-hydrogen) atoms. The van der Waals surface area contributed by atoms with Gasteiger partial charge in [0.15, 0.2) is 0 Å². The smallest absolute Gasteiger partial charge is 0.0639 e. The molecule has 1 unspecified atom stereocenters. The number of rotatable bonds is 6. The van der Waals surface area contributed by atoms with Gasteiger partial charge in [0.05, 0.1) is 10.7 Å². The predicted octanol–water partition coefficient (Wildman–Crippen LogP) is 2.98. The van der Waals surface area contributed by atoms with Gasteiger partial charge >= 0.3 is 0 Å². The second-order valence-electron chi connectivity index (χ2n) is 5.51. The van der Waals surface area contributed by atoms with Crippen LogP contribution in [-0.4, -0.2) is 43.7 Å². The lowest BCUT2D eigenvalue weighted by atomic mass is 10.1. The Balaban J connectivity index is 1.90. The van der Waals surface area contributed by atoms with E-state index in [1.54, 1.807) is 0 Å². The molecule has 1 saturated heterocycles. The van der Waals surface area contributed by atoms with Crippen LogP contribution in [0.4, 0.5) is 5.69 Å². The third-order valence-electron chi connectivity index (χ3n) is 4.19. The van der Waals surface area contributed by atoms with Gasteiger partial charge in [0.2, 0.25) is 0 Å². The van der Waals surface area contributed by atoms with Gasteiger partial charge in [-0.1, -0.05) is 43.5 Å². The molecule has 1 aromatic rings. The van der Waals surface area contributed by atoms with Crippen LogP contribution in [0, 0.1) is 0 Å². The SMILES string of the molecule is CCCCC(CN)N1CCN(c2ccccc2Cl)CC1. The van der Waals surface area contributed by atoms with Crippen molar-refractivity contribution in [2.45, 2.75) is 32.2 Å². The highest BCUT2D eigenvalue weighted by Crippen LogP contribution is 2.26. The molecule has 0 aliphatic carbocycles. The van der Waals surface area contributed by atoms with Crippen molar-refractivity contribution in [3.8, 4) is 0 Å². The van der Waals surface area contributed by atoms with E-state index in [1.807, 2.05) is 12.1 Å². The van der Waals surface area contributed by atoms with Crippen molar-refractivity contribution < 1.29 is 0 Å². The van der Waals surface area contributed by atoms with Crippen LogP contribution in [0.3, 0.4) is 0 Å². The summed E-state index contributed by atoms with van der Waals surface area (Å²) in [6, 6.07) is 8.65. The lowest BCUT2D eigenvalue weighted by molar-refractivity contribution is 0.178. The van der Waals surface area contributed by atoms with Gasteiger partial charge in [-0.3, -0.25) is 4.90 Å². The number of hydrogen-bond acceptors (Lipinski definition) is 3. The highest BCUT2D eigenvalue weighted by atomic mass is 35.5. The fraction of sp³-hybridized carbons (Fsp3) is 0.625. The van der Waals surface area contributed by atoms with E-state index < -0.39 is 0 Å². The Hall–Kier alpha value is -0.770. The number of halogens is 1. The number of para-hydroxylation sites is 1. The first-order chi connectivity index (χ1) is 9.76. The minimum absolute atomic E-state index is 0.545. The largest absolute Gasteiger partial charge is 0.368 e. The molecule has 112 valence electrons. The molecule has 0 aromatic heterocycles. The maximum atomic E-state index is 6.28. The third kappa shape index (κ3) is 3.87. The summed E-state index contributed by atoms with van der Waals surface area (Å²) in [5.41, 5.74) is 7.10. The van der Waals surface area contributed by atoms with Gasteiger partial charge in [0.25, 0.3) is 0 Å². The zero-order chi connectivity index (χ0) is 14.4. The molecule has 1 fully saturated rings. The van der Waals surface area contributed by atoms with Crippen LogP contribution in [0.1, 0.15) is 26.2 Å². The fourth-order valence-electron chi connectivity index (χ4n) is 2.93. The Bertz CT molecular complexity index is 402. The molecule has 0 saturated carbocycles. The van der Waals surface area contributed by atoms with E-state index in [9.17, 15) is 0 Å². The van der Waals surface area contributed by atoms with Crippen LogP contribution in [0.15, 0.2) is 24.3 Å². The van der Waals surface area contributed by atoms with E-state index in [2.05, 4.69) is 28.9 Å². The van der Waals surface area contributed by atoms with E-state index >= 15 is 0 Å². The Labute approximate surface area is 127 Å². The molecule has 0 amide bonds. The van der Waals surface area contributed by atoms with Crippen LogP contribution in [0.5, 0.6) is 0 Å².